The second-order valence-corrected chi connectivity index (χ2v) is 7.72. The lowest BCUT2D eigenvalue weighted by Crippen LogP contribution is -2.41. The maximum Gasteiger partial charge on any atom is 0.407 e. The van der Waals surface area contributed by atoms with Crippen molar-refractivity contribution in [1.29, 1.82) is 0 Å². The molecule has 0 saturated carbocycles. The molecule has 0 aliphatic rings. The van der Waals surface area contributed by atoms with E-state index in [0.717, 1.165) is 5.56 Å². The summed E-state index contributed by atoms with van der Waals surface area (Å²) < 4.78 is 44.9. The van der Waals surface area contributed by atoms with Gasteiger partial charge in [0.05, 0.1) is 12.8 Å². The molecule has 0 radical (unpaired) electrons. The van der Waals surface area contributed by atoms with Gasteiger partial charge in [-0.1, -0.05) is 61.4 Å². The fraction of sp³-hybridized carbons (Fsp3) is 0.391. The molecule has 2 aromatic carbocycles. The van der Waals surface area contributed by atoms with E-state index in [9.17, 15) is 14.7 Å². The predicted octanol–water partition coefficient (Wildman–Crippen LogP) is 4.90. The molecule has 0 bridgehead atoms. The Balaban J connectivity index is 2.28. The summed E-state index contributed by atoms with van der Waals surface area (Å²) >= 11 is 0. The number of hydrogen-bond acceptors (Lipinski definition) is 3. The second kappa shape index (κ2) is 9.40. The molecule has 2 atom stereocenters. The normalized spacial score (nSPS) is 15.9. The first kappa shape index (κ1) is 15.1. The van der Waals surface area contributed by atoms with Crippen LogP contribution in [-0.4, -0.2) is 28.8 Å². The number of carbonyl (C=O) groups excluding carboxylic acids is 1. The molecule has 2 aromatic rings. The van der Waals surface area contributed by atoms with Gasteiger partial charge in [-0.15, -0.1) is 0 Å². The molecule has 0 saturated heterocycles. The molecule has 0 aromatic heterocycles. The van der Waals surface area contributed by atoms with E-state index < -0.39 is 47.8 Å². The highest BCUT2D eigenvalue weighted by Gasteiger charge is 2.23. The van der Waals surface area contributed by atoms with Gasteiger partial charge in [-0.05, 0) is 50.3 Å². The monoisotopic (exact) mass is 388 g/mol. The molecule has 1 amide bonds. The highest BCUT2D eigenvalue weighted by atomic mass is 16.6. The number of alkyl carbamates (subject to hydrolysis) is 1. The van der Waals surface area contributed by atoms with Gasteiger partial charge < -0.3 is 15.2 Å². The van der Waals surface area contributed by atoms with E-state index in [1.807, 2.05) is 0 Å². The van der Waals surface area contributed by atoms with Crippen molar-refractivity contribution in [2.24, 2.45) is 5.92 Å². The van der Waals surface area contributed by atoms with Gasteiger partial charge in [0.25, 0.3) is 0 Å². The molecule has 0 heterocycles. The SMILES string of the molecule is [2H]c1c([2H])c([2H])c(-c2ccc(CC(C[C@H](C)C(=O)O)NC(=O)OC(C)(C)C)cc2)c([2H])c1[2H]. The number of benzene rings is 2. The van der Waals surface area contributed by atoms with Crippen molar-refractivity contribution in [1.82, 2.24) is 5.32 Å². The average Bonchev–Trinajstić information content (AvgIpc) is 2.70. The maximum absolute atomic E-state index is 12.2. The standard InChI is InChI=1S/C23H29NO4/c1-16(21(25)26)14-20(24-22(27)28-23(2,3)4)15-17-10-12-19(13-11-17)18-8-6-5-7-9-18/h5-13,16,20H,14-15H2,1-4H3,(H,24,27)(H,25,26)/t16-,20?/m0/s1/i5D,6D,7D,8D,9D. The number of ether oxygens (including phenoxy) is 1. The Kier molecular flexibility index (Phi) is 5.08. The van der Waals surface area contributed by atoms with E-state index in [1.54, 1.807) is 52.0 Å². The molecule has 28 heavy (non-hydrogen) atoms. The third-order valence-corrected chi connectivity index (χ3v) is 4.01. The Labute approximate surface area is 173 Å². The minimum Gasteiger partial charge on any atom is -0.481 e. The van der Waals surface area contributed by atoms with Gasteiger partial charge >= 0.3 is 12.1 Å². The van der Waals surface area contributed by atoms with Crippen LogP contribution in [0.25, 0.3) is 11.1 Å². The van der Waals surface area contributed by atoms with Crippen LogP contribution in [0.4, 0.5) is 4.79 Å². The van der Waals surface area contributed by atoms with Crippen LogP contribution < -0.4 is 5.32 Å². The third kappa shape index (κ3) is 7.06. The van der Waals surface area contributed by atoms with Gasteiger partial charge in [-0.3, -0.25) is 4.79 Å². The van der Waals surface area contributed by atoms with Gasteiger partial charge in [-0.2, -0.15) is 0 Å². The average molecular weight is 389 g/mol. The van der Waals surface area contributed by atoms with Crippen LogP contribution in [0, 0.1) is 5.92 Å². The van der Waals surface area contributed by atoms with Gasteiger partial charge in [0.2, 0.25) is 0 Å². The first-order valence-corrected chi connectivity index (χ1v) is 9.09. The molecule has 5 heteroatoms. The lowest BCUT2D eigenvalue weighted by Gasteiger charge is -2.24. The van der Waals surface area contributed by atoms with Gasteiger partial charge in [0.1, 0.15) is 5.60 Å². The predicted molar refractivity (Wildman–Crippen MR) is 110 cm³/mol. The Morgan fingerprint density at radius 2 is 1.71 bits per heavy atom. The summed E-state index contributed by atoms with van der Waals surface area (Å²) in [5.41, 5.74) is 0.657. The van der Waals surface area contributed by atoms with Gasteiger partial charge in [0.15, 0.2) is 0 Å². The van der Waals surface area contributed by atoms with Crippen LogP contribution in [-0.2, 0) is 16.0 Å². The van der Waals surface area contributed by atoms with E-state index in [2.05, 4.69) is 5.32 Å². The maximum atomic E-state index is 12.2. The van der Waals surface area contributed by atoms with Crippen molar-refractivity contribution < 1.29 is 26.3 Å². The summed E-state index contributed by atoms with van der Waals surface area (Å²) in [4.78, 5) is 23.6. The largest absolute Gasteiger partial charge is 0.481 e. The minimum atomic E-state index is -0.970. The molecule has 150 valence electrons. The number of amides is 1. The molecule has 2 N–H and O–H groups in total. The zero-order valence-electron chi connectivity index (χ0n) is 21.6. The Morgan fingerprint density at radius 1 is 1.11 bits per heavy atom. The first-order valence-electron chi connectivity index (χ1n) is 11.6. The molecular formula is C23H29NO4. The van der Waals surface area contributed by atoms with Crippen molar-refractivity contribution in [3.05, 3.63) is 60.0 Å². The van der Waals surface area contributed by atoms with Crippen LogP contribution in [0.15, 0.2) is 54.5 Å². The lowest BCUT2D eigenvalue weighted by molar-refractivity contribution is -0.141. The summed E-state index contributed by atoms with van der Waals surface area (Å²) in [6, 6.07) is 4.42. The zero-order valence-corrected chi connectivity index (χ0v) is 16.6. The number of carbonyl (C=O) groups is 2. The van der Waals surface area contributed by atoms with Crippen molar-refractivity contribution in [3.63, 3.8) is 0 Å². The van der Waals surface area contributed by atoms with E-state index in [-0.39, 0.29) is 24.1 Å². The Hall–Kier alpha value is -2.82. The number of carboxylic acids is 1. The molecule has 1 unspecified atom stereocenters. The fourth-order valence-electron chi connectivity index (χ4n) is 2.68. The number of carboxylic acid groups (broad SMARTS) is 1. The highest BCUT2D eigenvalue weighted by Crippen LogP contribution is 2.21. The second-order valence-electron chi connectivity index (χ2n) is 7.72. The summed E-state index contributed by atoms with van der Waals surface area (Å²) in [6.07, 6.45) is -0.113. The quantitative estimate of drug-likeness (QED) is 0.707. The molecule has 0 aliphatic heterocycles. The molecule has 0 spiro atoms. The highest BCUT2D eigenvalue weighted by molar-refractivity contribution is 5.70. The third-order valence-electron chi connectivity index (χ3n) is 4.01. The summed E-state index contributed by atoms with van der Waals surface area (Å²) in [5.74, 6) is -1.65. The van der Waals surface area contributed by atoms with Gasteiger partial charge in [0, 0.05) is 6.04 Å². The molecule has 0 fully saturated rings. The van der Waals surface area contributed by atoms with Gasteiger partial charge in [-0.25, -0.2) is 4.79 Å². The number of nitrogens with one attached hydrogen (secondary N) is 1. The van der Waals surface area contributed by atoms with Crippen molar-refractivity contribution in [3.8, 4) is 11.1 Å². The van der Waals surface area contributed by atoms with Crippen LogP contribution in [0.3, 0.4) is 0 Å². The Morgan fingerprint density at radius 3 is 2.25 bits per heavy atom. The molecular weight excluding hydrogens is 354 g/mol. The van der Waals surface area contributed by atoms with Crippen LogP contribution in [0.5, 0.6) is 0 Å². The van der Waals surface area contributed by atoms with Crippen molar-refractivity contribution in [2.75, 3.05) is 0 Å². The summed E-state index contributed by atoms with van der Waals surface area (Å²) in [5, 5.41) is 12.0. The van der Waals surface area contributed by atoms with Crippen LogP contribution in [0.1, 0.15) is 46.5 Å². The minimum absolute atomic E-state index is 0.107. The fourth-order valence-corrected chi connectivity index (χ4v) is 2.68. The number of rotatable bonds is 7. The van der Waals surface area contributed by atoms with E-state index in [4.69, 9.17) is 11.6 Å². The number of aliphatic carboxylic acids is 1. The van der Waals surface area contributed by atoms with Crippen LogP contribution >= 0.6 is 0 Å². The van der Waals surface area contributed by atoms with E-state index >= 15 is 0 Å². The van der Waals surface area contributed by atoms with Crippen molar-refractivity contribution >= 4 is 12.1 Å². The topological polar surface area (TPSA) is 75.6 Å². The molecule has 0 aliphatic carbocycles. The molecule has 5 nitrogen and oxygen atoms in total. The molecule has 2 rings (SSSR count). The smallest absolute Gasteiger partial charge is 0.407 e. The first-order chi connectivity index (χ1) is 15.2. The summed E-state index contributed by atoms with van der Waals surface area (Å²) in [7, 11) is 0. The summed E-state index contributed by atoms with van der Waals surface area (Å²) in [6.45, 7) is 6.77. The van der Waals surface area contributed by atoms with Crippen molar-refractivity contribution in [2.45, 2.75) is 52.2 Å². The van der Waals surface area contributed by atoms with Crippen LogP contribution in [0.2, 0.25) is 0 Å². The number of hydrogen-bond donors (Lipinski definition) is 2. The Bertz CT molecular complexity index is 1010. The van der Waals surface area contributed by atoms with E-state index in [1.165, 1.54) is 0 Å². The zero-order chi connectivity index (χ0) is 25.1. The van der Waals surface area contributed by atoms with E-state index in [0.29, 0.717) is 12.0 Å². The lowest BCUT2D eigenvalue weighted by atomic mass is 9.95.